The van der Waals surface area contributed by atoms with Gasteiger partial charge in [0, 0.05) is 0 Å². The van der Waals surface area contributed by atoms with E-state index in [2.05, 4.69) is 0 Å². The van der Waals surface area contributed by atoms with Gasteiger partial charge < -0.3 is 4.28 Å². The molecule has 0 aromatic heterocycles. The third-order valence-corrected chi connectivity index (χ3v) is 0. The van der Waals surface area contributed by atoms with E-state index in [0.717, 1.165) is 20.4 Å². The molecule has 0 unspecified atom stereocenters. The van der Waals surface area contributed by atoms with E-state index in [1.54, 1.807) is 0 Å². The third-order valence-electron chi connectivity index (χ3n) is 0. The molecule has 0 aromatic carbocycles. The zero-order valence-corrected chi connectivity index (χ0v) is 16.8. The standard InChI is InChI=1S/Ba.Bi.Na.O.Ti.6H/q+2;;+1;;;;;;3*-1. The van der Waals surface area contributed by atoms with Gasteiger partial charge in [-0.3, -0.25) is 0 Å². The normalized spacial score (nSPS) is 0.600. The molecule has 0 bridgehead atoms. The van der Waals surface area contributed by atoms with Crippen LogP contribution in [0.4, 0.5) is 0 Å². The van der Waals surface area contributed by atoms with E-state index in [1.807, 2.05) is 0 Å². The molecule has 0 aliphatic heterocycles. The van der Waals surface area contributed by atoms with Gasteiger partial charge in [-0.15, -0.1) is 0 Å². The summed E-state index contributed by atoms with van der Waals surface area (Å²) in [5.41, 5.74) is 0. The van der Waals surface area contributed by atoms with Gasteiger partial charge in [-0.25, -0.2) is 0 Å². The van der Waals surface area contributed by atoms with Gasteiger partial charge in [-0.05, 0) is 0 Å². The fourth-order valence-electron chi connectivity index (χ4n) is 0. The quantitative estimate of drug-likeness (QED) is 0.349. The van der Waals surface area contributed by atoms with Crippen molar-refractivity contribution in [2.45, 2.75) is 0 Å². The van der Waals surface area contributed by atoms with Crippen LogP contribution in [0.1, 0.15) is 4.28 Å². The second kappa shape index (κ2) is 24.6. The van der Waals surface area contributed by atoms with E-state index in [-0.39, 0.29) is 109 Å². The van der Waals surface area contributed by atoms with Gasteiger partial charge in [0.2, 0.25) is 0 Å². The van der Waals surface area contributed by atoms with Crippen LogP contribution in [0.2, 0.25) is 0 Å². The first-order valence-corrected chi connectivity index (χ1v) is 0.842. The van der Waals surface area contributed by atoms with Gasteiger partial charge in [0.25, 0.3) is 0 Å². The third kappa shape index (κ3) is 18.0. The summed E-state index contributed by atoms with van der Waals surface area (Å²) in [6, 6.07) is 0. The van der Waals surface area contributed by atoms with Crippen molar-refractivity contribution in [3.8, 4) is 0 Å². The van der Waals surface area contributed by atoms with Gasteiger partial charge in [-0.1, -0.05) is 0 Å². The van der Waals surface area contributed by atoms with Gasteiger partial charge in [0.1, 0.15) is 0 Å². The maximum atomic E-state index is 8.25. The van der Waals surface area contributed by atoms with E-state index in [1.165, 1.54) is 0 Å². The molecular weight excluding hydrogens is 433 g/mol. The summed E-state index contributed by atoms with van der Waals surface area (Å²) in [6.45, 7) is 0. The Hall–Kier alpha value is 3.97. The molecule has 0 spiro atoms. The summed E-state index contributed by atoms with van der Waals surface area (Å²) in [4.78, 5) is 0. The Kier molecular flexibility index (Phi) is 113. The van der Waals surface area contributed by atoms with E-state index < -0.39 is 0 Å². The van der Waals surface area contributed by atoms with Crippen molar-refractivity contribution >= 4 is 75.1 Å². The monoisotopic (exact) mass is 440 g/mol. The van der Waals surface area contributed by atoms with Crippen molar-refractivity contribution in [3.05, 3.63) is 0 Å². The van der Waals surface area contributed by atoms with Gasteiger partial charge in [-0.2, -0.15) is 0 Å². The molecule has 5 heavy (non-hydrogen) atoms. The molecular formula is H6BaBiNaOTi. The Balaban J connectivity index is -0.000000000333. The minimum atomic E-state index is 0. The van der Waals surface area contributed by atoms with Gasteiger partial charge in [0.05, 0.1) is 0 Å². The summed E-state index contributed by atoms with van der Waals surface area (Å²) in [6.07, 6.45) is 0. The van der Waals surface area contributed by atoms with Gasteiger partial charge >= 0.3 is 128 Å². The molecule has 0 N–H and O–H groups in total. The average Bonchev–Trinajstić information content (AvgIpc) is 1.00. The predicted molar refractivity (Wildman–Crippen MR) is 19.7 cm³/mol. The van der Waals surface area contributed by atoms with E-state index >= 15 is 0 Å². The first-order chi connectivity index (χ1) is 1.00. The minimum absolute atomic E-state index is 0. The number of hydrogen-bond acceptors (Lipinski definition) is 1. The molecule has 0 atom stereocenters. The molecule has 0 amide bonds. The summed E-state index contributed by atoms with van der Waals surface area (Å²) in [5, 5.41) is 0. The Labute approximate surface area is 129 Å². The molecule has 1 nitrogen and oxygen atoms in total. The fourth-order valence-corrected chi connectivity index (χ4v) is 0. The van der Waals surface area contributed by atoms with E-state index in [0.29, 0.717) is 0 Å². The molecule has 5 heteroatoms. The van der Waals surface area contributed by atoms with Crippen molar-refractivity contribution in [2.75, 3.05) is 0 Å². The van der Waals surface area contributed by atoms with Crippen molar-refractivity contribution in [1.82, 2.24) is 0 Å². The summed E-state index contributed by atoms with van der Waals surface area (Å²) < 4.78 is 8.25. The SMILES string of the molecule is [Ba+2].[BiH3].[H-].[H-].[H-].[Na+].[O]=[Ti]. The van der Waals surface area contributed by atoms with Crippen LogP contribution in [-0.4, -0.2) is 75.1 Å². The molecule has 0 aliphatic carbocycles. The van der Waals surface area contributed by atoms with Crippen LogP contribution in [0.3, 0.4) is 0 Å². The second-order valence-electron chi connectivity index (χ2n) is 0. The van der Waals surface area contributed by atoms with Crippen molar-refractivity contribution in [2.24, 2.45) is 0 Å². The molecule has 0 aromatic rings. The van der Waals surface area contributed by atoms with Crippen molar-refractivity contribution < 1.29 is 57.6 Å². The second-order valence-corrected chi connectivity index (χ2v) is 0. The van der Waals surface area contributed by atoms with Crippen LogP contribution in [0, 0.1) is 0 Å². The Morgan fingerprint density at radius 1 is 1.40 bits per heavy atom. The Morgan fingerprint density at radius 2 is 1.40 bits per heavy atom. The average molecular weight is 439 g/mol. The van der Waals surface area contributed by atoms with E-state index in [9.17, 15) is 0 Å². The molecule has 0 rings (SSSR count). The van der Waals surface area contributed by atoms with E-state index in [4.69, 9.17) is 3.32 Å². The number of hydrogen-bond donors (Lipinski definition) is 0. The fraction of sp³-hybridized carbons (Fsp3) is 0. The van der Waals surface area contributed by atoms with Crippen LogP contribution in [0.25, 0.3) is 0 Å². The van der Waals surface area contributed by atoms with Crippen LogP contribution < -0.4 is 29.6 Å². The van der Waals surface area contributed by atoms with Crippen LogP contribution in [-0.2, 0) is 23.7 Å². The Morgan fingerprint density at radius 3 is 1.40 bits per heavy atom. The first-order valence-electron chi connectivity index (χ1n) is 0.204. The van der Waals surface area contributed by atoms with Gasteiger partial charge in [0.15, 0.2) is 0 Å². The molecule has 0 radical (unpaired) electrons. The number of rotatable bonds is 0. The molecule has 24 valence electrons. The zero-order valence-electron chi connectivity index (χ0n) is 6.32. The van der Waals surface area contributed by atoms with Crippen LogP contribution >= 0.6 is 0 Å². The Bertz CT molecular complexity index is 19.2. The van der Waals surface area contributed by atoms with Crippen molar-refractivity contribution in [1.29, 1.82) is 0 Å². The summed E-state index contributed by atoms with van der Waals surface area (Å²) >= 11 is 0.750. The van der Waals surface area contributed by atoms with Crippen LogP contribution in [0.15, 0.2) is 0 Å². The molecule has 0 fully saturated rings. The maximum absolute atomic E-state index is 8.25. The molecule has 0 saturated carbocycles. The first kappa shape index (κ1) is 23.1. The topological polar surface area (TPSA) is 17.1 Å². The van der Waals surface area contributed by atoms with Crippen molar-refractivity contribution in [3.63, 3.8) is 0 Å². The summed E-state index contributed by atoms with van der Waals surface area (Å²) in [7, 11) is 0. The molecule has 0 heterocycles. The zero-order chi connectivity index (χ0) is 2.00. The predicted octanol–water partition coefficient (Wildman–Crippen LogP) is -4.34. The van der Waals surface area contributed by atoms with Crippen LogP contribution in [0.5, 0.6) is 0 Å². The summed E-state index contributed by atoms with van der Waals surface area (Å²) in [5.74, 6) is 0. The molecule has 0 saturated heterocycles. The molecule has 0 aliphatic rings.